The number of hydrogen-bond acceptors (Lipinski definition) is 2. The van der Waals surface area contributed by atoms with Crippen LogP contribution in [-0.4, -0.2) is 51.7 Å². The van der Waals surface area contributed by atoms with E-state index in [1.807, 2.05) is 70.7 Å². The van der Waals surface area contributed by atoms with E-state index in [2.05, 4.69) is 4.57 Å². The number of alkyl halides is 1. The summed E-state index contributed by atoms with van der Waals surface area (Å²) < 4.78 is 19.0. The maximum Gasteiger partial charge on any atom is 0.254 e. The topological polar surface area (TPSA) is 28.5 Å². The number of aromatic nitrogens is 1. The van der Waals surface area contributed by atoms with E-state index in [1.54, 1.807) is 6.08 Å². The number of benzene rings is 1. The highest BCUT2D eigenvalue weighted by molar-refractivity contribution is 5.97. The number of rotatable bonds is 5. The highest BCUT2D eigenvalue weighted by atomic mass is 19.1. The van der Waals surface area contributed by atoms with Crippen molar-refractivity contribution in [3.05, 3.63) is 78.1 Å². The van der Waals surface area contributed by atoms with Gasteiger partial charge in [-0.1, -0.05) is 36.4 Å². The number of halogens is 1. The van der Waals surface area contributed by atoms with Crippen molar-refractivity contribution in [2.45, 2.75) is 50.5 Å². The Morgan fingerprint density at radius 3 is 2.45 bits per heavy atom. The molecule has 2 aromatic rings. The summed E-state index contributed by atoms with van der Waals surface area (Å²) in [7, 11) is 0. The zero-order valence-corrected chi connectivity index (χ0v) is 17.9. The third-order valence-corrected chi connectivity index (χ3v) is 7.00. The van der Waals surface area contributed by atoms with E-state index in [0.717, 1.165) is 43.4 Å². The molecule has 2 aliphatic heterocycles. The highest BCUT2D eigenvalue weighted by Gasteiger charge is 2.48. The van der Waals surface area contributed by atoms with Gasteiger partial charge in [-0.05, 0) is 55.0 Å². The molecule has 2 saturated heterocycles. The van der Waals surface area contributed by atoms with Crippen LogP contribution < -0.4 is 0 Å². The Morgan fingerprint density at radius 2 is 1.71 bits per heavy atom. The maximum atomic E-state index is 16.9. The minimum absolute atomic E-state index is 0.114. The van der Waals surface area contributed by atoms with Crippen LogP contribution in [0.4, 0.5) is 4.39 Å². The lowest BCUT2D eigenvalue weighted by atomic mass is 9.85. The minimum atomic E-state index is -1.74. The molecule has 5 heteroatoms. The van der Waals surface area contributed by atoms with E-state index < -0.39 is 5.79 Å². The van der Waals surface area contributed by atoms with Gasteiger partial charge in [0.2, 0.25) is 0 Å². The molecular weight excluding hydrogens is 389 g/mol. The molecule has 1 aliphatic carbocycles. The van der Waals surface area contributed by atoms with E-state index >= 15 is 4.39 Å². The van der Waals surface area contributed by atoms with Crippen molar-refractivity contribution in [2.75, 3.05) is 19.6 Å². The van der Waals surface area contributed by atoms with E-state index in [-0.39, 0.29) is 18.4 Å². The first kappa shape index (κ1) is 20.3. The normalized spacial score (nSPS) is 26.7. The second kappa shape index (κ2) is 8.46. The molecule has 0 bridgehead atoms. The molecule has 162 valence electrons. The Balaban J connectivity index is 1.46. The van der Waals surface area contributed by atoms with Gasteiger partial charge in [-0.3, -0.25) is 9.69 Å². The fourth-order valence-corrected chi connectivity index (χ4v) is 5.34. The Bertz CT molecular complexity index is 975. The highest BCUT2D eigenvalue weighted by Crippen LogP contribution is 2.43. The molecule has 0 N–H and O–H groups in total. The molecule has 1 aromatic heterocycles. The van der Waals surface area contributed by atoms with Crippen LogP contribution in [0.2, 0.25) is 0 Å². The molecule has 3 heterocycles. The third kappa shape index (κ3) is 3.87. The average Bonchev–Trinajstić information content (AvgIpc) is 3.57. The molecule has 2 fully saturated rings. The molecule has 31 heavy (non-hydrogen) atoms. The van der Waals surface area contributed by atoms with Crippen molar-refractivity contribution in [1.82, 2.24) is 14.4 Å². The van der Waals surface area contributed by atoms with Crippen LogP contribution in [-0.2, 0) is 11.3 Å². The minimum Gasteiger partial charge on any atom is -0.352 e. The fourth-order valence-electron chi connectivity index (χ4n) is 5.34. The van der Waals surface area contributed by atoms with E-state index in [1.165, 1.54) is 0 Å². The van der Waals surface area contributed by atoms with Crippen LogP contribution in [0.25, 0.3) is 5.57 Å². The monoisotopic (exact) mass is 419 g/mol. The Hall–Kier alpha value is -2.66. The number of amides is 1. The number of carbonyl (C=O) groups is 1. The molecule has 2 unspecified atom stereocenters. The molecule has 2 atom stereocenters. The summed E-state index contributed by atoms with van der Waals surface area (Å²) >= 11 is 0. The summed E-state index contributed by atoms with van der Waals surface area (Å²) in [6, 6.07) is 14.1. The van der Waals surface area contributed by atoms with Gasteiger partial charge >= 0.3 is 0 Å². The van der Waals surface area contributed by atoms with E-state index in [9.17, 15) is 4.79 Å². The molecule has 5 rings (SSSR count). The largest absolute Gasteiger partial charge is 0.352 e. The van der Waals surface area contributed by atoms with Gasteiger partial charge in [0, 0.05) is 51.0 Å². The molecule has 4 nitrogen and oxygen atoms in total. The lowest BCUT2D eigenvalue weighted by Gasteiger charge is -2.40. The Morgan fingerprint density at radius 1 is 0.968 bits per heavy atom. The molecule has 0 radical (unpaired) electrons. The van der Waals surface area contributed by atoms with Gasteiger partial charge in [0.1, 0.15) is 0 Å². The van der Waals surface area contributed by atoms with Crippen molar-refractivity contribution in [3.63, 3.8) is 0 Å². The van der Waals surface area contributed by atoms with Gasteiger partial charge < -0.3 is 9.47 Å². The number of likely N-dealkylation sites (tertiary alicyclic amines) is 2. The van der Waals surface area contributed by atoms with Crippen molar-refractivity contribution in [1.29, 1.82) is 0 Å². The Labute approximate surface area is 183 Å². The van der Waals surface area contributed by atoms with Crippen molar-refractivity contribution >= 4 is 11.5 Å². The maximum absolute atomic E-state index is 16.9. The summed E-state index contributed by atoms with van der Waals surface area (Å²) in [5.74, 6) is -1.87. The van der Waals surface area contributed by atoms with Gasteiger partial charge in [0.05, 0.1) is 5.57 Å². The summed E-state index contributed by atoms with van der Waals surface area (Å²) in [5.41, 5.74) is 2.29. The van der Waals surface area contributed by atoms with Crippen LogP contribution in [0.15, 0.2) is 72.6 Å². The molecular formula is C26H30FN3O. The molecule has 0 spiro atoms. The van der Waals surface area contributed by atoms with Crippen molar-refractivity contribution in [3.8, 4) is 0 Å². The third-order valence-electron chi connectivity index (χ3n) is 7.00. The van der Waals surface area contributed by atoms with Crippen LogP contribution in [0, 0.1) is 0 Å². The van der Waals surface area contributed by atoms with Crippen molar-refractivity contribution in [2.24, 2.45) is 0 Å². The quantitative estimate of drug-likeness (QED) is 0.660. The number of nitrogens with zero attached hydrogens (tertiary/aromatic N) is 3. The summed E-state index contributed by atoms with van der Waals surface area (Å²) in [6.07, 6.45) is 11.9. The molecule has 3 aliphatic rings. The second-order valence-corrected chi connectivity index (χ2v) is 8.94. The lowest BCUT2D eigenvalue weighted by Crippen LogP contribution is -2.51. The molecule has 0 saturated carbocycles. The van der Waals surface area contributed by atoms with Crippen LogP contribution in [0.1, 0.15) is 37.7 Å². The average molecular weight is 420 g/mol. The zero-order chi connectivity index (χ0) is 21.3. The number of allylic oxidation sites excluding steroid dienone is 2. The first-order chi connectivity index (χ1) is 15.1. The van der Waals surface area contributed by atoms with Gasteiger partial charge in [-0.25, -0.2) is 4.39 Å². The predicted molar refractivity (Wildman–Crippen MR) is 121 cm³/mol. The zero-order valence-electron chi connectivity index (χ0n) is 17.9. The Kier molecular flexibility index (Phi) is 5.53. The summed E-state index contributed by atoms with van der Waals surface area (Å²) in [6.45, 7) is 2.87. The predicted octanol–water partition coefficient (Wildman–Crippen LogP) is 4.65. The first-order valence-corrected chi connectivity index (χ1v) is 11.5. The molecule has 1 amide bonds. The summed E-state index contributed by atoms with van der Waals surface area (Å²) in [4.78, 5) is 17.5. The van der Waals surface area contributed by atoms with Crippen LogP contribution in [0.3, 0.4) is 0 Å². The SMILES string of the molecule is O=C(C1=CC=C(c2ccccc2)CC1(F)N1CCCC1)N1CCCC1Cn1cccc1. The van der Waals surface area contributed by atoms with Gasteiger partial charge in [0.25, 0.3) is 5.91 Å². The van der Waals surface area contributed by atoms with Gasteiger partial charge in [0.15, 0.2) is 5.79 Å². The summed E-state index contributed by atoms with van der Waals surface area (Å²) in [5, 5.41) is 0. The van der Waals surface area contributed by atoms with Crippen LogP contribution in [0.5, 0.6) is 0 Å². The standard InChI is InChI=1S/C26H30FN3O/c27-26(29-16-6-7-17-29)19-22(21-9-2-1-3-10-21)12-13-24(26)25(31)30-18-8-11-23(30)20-28-14-4-5-15-28/h1-5,9-10,12-15,23H,6-8,11,16-20H2. The first-order valence-electron chi connectivity index (χ1n) is 11.5. The smallest absolute Gasteiger partial charge is 0.254 e. The fraction of sp³-hybridized carbons (Fsp3) is 0.423. The molecule has 1 aromatic carbocycles. The number of hydrogen-bond donors (Lipinski definition) is 0. The second-order valence-electron chi connectivity index (χ2n) is 8.94. The van der Waals surface area contributed by atoms with Gasteiger partial charge in [-0.15, -0.1) is 0 Å². The lowest BCUT2D eigenvalue weighted by molar-refractivity contribution is -0.131. The van der Waals surface area contributed by atoms with Crippen LogP contribution >= 0.6 is 0 Å². The number of carbonyl (C=O) groups excluding carboxylic acids is 1. The van der Waals surface area contributed by atoms with E-state index in [4.69, 9.17) is 0 Å². The van der Waals surface area contributed by atoms with Crippen molar-refractivity contribution < 1.29 is 9.18 Å². The van der Waals surface area contributed by atoms with E-state index in [0.29, 0.717) is 25.2 Å². The van der Waals surface area contributed by atoms with Gasteiger partial charge in [-0.2, -0.15) is 0 Å².